The van der Waals surface area contributed by atoms with Crippen molar-refractivity contribution in [2.24, 2.45) is 10.3 Å². The molecule has 142 valence electrons. The molecule has 0 aliphatic carbocycles. The fourth-order valence-electron chi connectivity index (χ4n) is 3.57. The van der Waals surface area contributed by atoms with E-state index in [1.54, 1.807) is 0 Å². The van der Waals surface area contributed by atoms with Crippen molar-refractivity contribution in [2.75, 3.05) is 6.67 Å². The summed E-state index contributed by atoms with van der Waals surface area (Å²) in [6, 6.07) is 0.595. The highest BCUT2D eigenvalue weighted by Crippen LogP contribution is 2.16. The SMILES string of the molecule is CCCCCCCCCCCCCCCCC(CC)N1CN=NN1. The third-order valence-electron chi connectivity index (χ3n) is 5.26. The highest BCUT2D eigenvalue weighted by molar-refractivity contribution is 4.67. The largest absolute Gasteiger partial charge is 0.220 e. The van der Waals surface area contributed by atoms with Gasteiger partial charge in [-0.25, -0.2) is 5.53 Å². The van der Waals surface area contributed by atoms with Crippen LogP contribution < -0.4 is 5.53 Å². The maximum atomic E-state index is 3.99. The zero-order valence-electron chi connectivity index (χ0n) is 16.4. The second-order valence-electron chi connectivity index (χ2n) is 7.40. The molecule has 1 N–H and O–H groups in total. The van der Waals surface area contributed by atoms with Crippen LogP contribution in [0.3, 0.4) is 0 Å². The van der Waals surface area contributed by atoms with Crippen LogP contribution in [-0.4, -0.2) is 17.7 Å². The smallest absolute Gasteiger partial charge is 0.133 e. The molecule has 4 heteroatoms. The molecule has 0 fully saturated rings. The highest BCUT2D eigenvalue weighted by Gasteiger charge is 2.18. The predicted octanol–water partition coefficient (Wildman–Crippen LogP) is 6.78. The second kappa shape index (κ2) is 15.9. The van der Waals surface area contributed by atoms with Gasteiger partial charge in [-0.1, -0.05) is 109 Å². The van der Waals surface area contributed by atoms with E-state index in [1.165, 1.54) is 103 Å². The van der Waals surface area contributed by atoms with Gasteiger partial charge in [0, 0.05) is 6.04 Å². The third kappa shape index (κ3) is 11.0. The van der Waals surface area contributed by atoms with Crippen molar-refractivity contribution in [3.05, 3.63) is 0 Å². The molecule has 0 radical (unpaired) electrons. The van der Waals surface area contributed by atoms with Gasteiger partial charge in [-0.05, 0) is 12.8 Å². The summed E-state index contributed by atoms with van der Waals surface area (Å²) in [6.07, 6.45) is 22.5. The van der Waals surface area contributed by atoms with Crippen molar-refractivity contribution in [3.63, 3.8) is 0 Å². The van der Waals surface area contributed by atoms with Crippen LogP contribution in [0.15, 0.2) is 10.3 Å². The zero-order valence-corrected chi connectivity index (χ0v) is 16.4. The number of hydrazine groups is 1. The van der Waals surface area contributed by atoms with E-state index in [-0.39, 0.29) is 0 Å². The maximum Gasteiger partial charge on any atom is 0.133 e. The van der Waals surface area contributed by atoms with Gasteiger partial charge < -0.3 is 0 Å². The van der Waals surface area contributed by atoms with Crippen LogP contribution in [0.2, 0.25) is 0 Å². The van der Waals surface area contributed by atoms with Gasteiger partial charge in [0.25, 0.3) is 0 Å². The van der Waals surface area contributed by atoms with Gasteiger partial charge in [0.15, 0.2) is 0 Å². The Morgan fingerprint density at radius 2 is 1.25 bits per heavy atom. The second-order valence-corrected chi connectivity index (χ2v) is 7.40. The molecule has 0 saturated heterocycles. The number of hydrogen-bond acceptors (Lipinski definition) is 4. The first-order chi connectivity index (χ1) is 11.9. The van der Waals surface area contributed by atoms with Gasteiger partial charge in [-0.3, -0.25) is 0 Å². The van der Waals surface area contributed by atoms with Gasteiger partial charge in [0.05, 0.1) is 0 Å². The van der Waals surface area contributed by atoms with E-state index in [0.29, 0.717) is 6.04 Å². The molecule has 0 aromatic rings. The lowest BCUT2D eigenvalue weighted by Gasteiger charge is -2.23. The molecule has 0 aromatic carbocycles. The molecule has 1 atom stereocenters. The van der Waals surface area contributed by atoms with Gasteiger partial charge in [0.2, 0.25) is 0 Å². The monoisotopic (exact) mass is 338 g/mol. The van der Waals surface area contributed by atoms with Crippen LogP contribution in [-0.2, 0) is 0 Å². The van der Waals surface area contributed by atoms with E-state index in [1.807, 2.05) is 0 Å². The van der Waals surface area contributed by atoms with Crippen LogP contribution in [0.5, 0.6) is 0 Å². The number of nitrogens with zero attached hydrogens (tertiary/aromatic N) is 3. The molecule has 0 saturated carbocycles. The Kier molecular flexibility index (Phi) is 14.1. The molecule has 0 amide bonds. The average Bonchev–Trinajstić information content (AvgIpc) is 3.13. The molecule has 24 heavy (non-hydrogen) atoms. The maximum absolute atomic E-state index is 3.99. The quantitative estimate of drug-likeness (QED) is 0.297. The van der Waals surface area contributed by atoms with E-state index in [9.17, 15) is 0 Å². The van der Waals surface area contributed by atoms with Gasteiger partial charge in [-0.2, -0.15) is 10.1 Å². The van der Waals surface area contributed by atoms with Crippen molar-refractivity contribution < 1.29 is 0 Å². The summed E-state index contributed by atoms with van der Waals surface area (Å²) >= 11 is 0. The van der Waals surface area contributed by atoms with Gasteiger partial charge >= 0.3 is 0 Å². The molecule has 0 bridgehead atoms. The molecule has 1 unspecified atom stereocenters. The Morgan fingerprint density at radius 3 is 1.67 bits per heavy atom. The molecular weight excluding hydrogens is 296 g/mol. The fraction of sp³-hybridized carbons (Fsp3) is 1.00. The molecule has 0 aromatic heterocycles. The summed E-state index contributed by atoms with van der Waals surface area (Å²) in [5.74, 6) is 0. The molecule has 1 rings (SSSR count). The van der Waals surface area contributed by atoms with Crippen molar-refractivity contribution in [1.29, 1.82) is 0 Å². The first-order valence-corrected chi connectivity index (χ1v) is 10.8. The zero-order chi connectivity index (χ0) is 17.3. The van der Waals surface area contributed by atoms with Crippen LogP contribution in [0.25, 0.3) is 0 Å². The van der Waals surface area contributed by atoms with E-state index < -0.39 is 0 Å². The highest BCUT2D eigenvalue weighted by atomic mass is 15.8. The minimum atomic E-state index is 0.595. The first kappa shape index (κ1) is 21.4. The lowest BCUT2D eigenvalue weighted by atomic mass is 10.0. The first-order valence-electron chi connectivity index (χ1n) is 10.8. The molecule has 1 aliphatic heterocycles. The van der Waals surface area contributed by atoms with E-state index in [2.05, 4.69) is 34.7 Å². The Balaban J connectivity index is 1.77. The van der Waals surface area contributed by atoms with E-state index in [4.69, 9.17) is 0 Å². The summed E-state index contributed by atoms with van der Waals surface area (Å²) in [6.45, 7) is 5.27. The van der Waals surface area contributed by atoms with Crippen LogP contribution in [0, 0.1) is 0 Å². The summed E-state index contributed by atoms with van der Waals surface area (Å²) in [5.41, 5.74) is 3.00. The number of hydrogen-bond donors (Lipinski definition) is 1. The lowest BCUT2D eigenvalue weighted by Crippen LogP contribution is -2.39. The lowest BCUT2D eigenvalue weighted by molar-refractivity contribution is 0.146. The van der Waals surface area contributed by atoms with E-state index >= 15 is 0 Å². The molecule has 1 heterocycles. The summed E-state index contributed by atoms with van der Waals surface area (Å²) in [4.78, 5) is 0. The fourth-order valence-corrected chi connectivity index (χ4v) is 3.57. The Bertz CT molecular complexity index is 285. The van der Waals surface area contributed by atoms with Crippen molar-refractivity contribution in [2.45, 2.75) is 123 Å². The normalized spacial score (nSPS) is 15.8. The van der Waals surface area contributed by atoms with E-state index in [0.717, 1.165) is 6.67 Å². The molecule has 0 spiro atoms. The Hall–Kier alpha value is -0.640. The molecular formula is C20H42N4. The Morgan fingerprint density at radius 1 is 0.750 bits per heavy atom. The third-order valence-corrected chi connectivity index (χ3v) is 5.26. The van der Waals surface area contributed by atoms with Gasteiger partial charge in [-0.15, -0.1) is 0 Å². The minimum absolute atomic E-state index is 0.595. The minimum Gasteiger partial charge on any atom is -0.220 e. The standard InChI is InChI=1S/C20H42N4/c1-3-5-6-7-8-9-10-11-12-13-14-15-16-17-18-20(4-2)24-19-21-22-23-24/h20H,3-19H2,1-2H3,(H,21,23). The summed E-state index contributed by atoms with van der Waals surface area (Å²) in [7, 11) is 0. The van der Waals surface area contributed by atoms with Crippen molar-refractivity contribution >= 4 is 0 Å². The topological polar surface area (TPSA) is 40.0 Å². The van der Waals surface area contributed by atoms with Crippen LogP contribution >= 0.6 is 0 Å². The van der Waals surface area contributed by atoms with Crippen molar-refractivity contribution in [1.82, 2.24) is 10.5 Å². The van der Waals surface area contributed by atoms with Crippen LogP contribution in [0.4, 0.5) is 0 Å². The Labute approximate surface area is 150 Å². The number of rotatable bonds is 17. The average molecular weight is 339 g/mol. The molecule has 4 nitrogen and oxygen atoms in total. The summed E-state index contributed by atoms with van der Waals surface area (Å²) in [5, 5.41) is 10.0. The van der Waals surface area contributed by atoms with Gasteiger partial charge in [0.1, 0.15) is 6.67 Å². The van der Waals surface area contributed by atoms with Crippen molar-refractivity contribution in [3.8, 4) is 0 Å². The number of nitrogens with one attached hydrogen (secondary N) is 1. The molecule has 1 aliphatic rings. The summed E-state index contributed by atoms with van der Waals surface area (Å²) < 4.78 is 0. The van der Waals surface area contributed by atoms with Crippen LogP contribution in [0.1, 0.15) is 117 Å². The predicted molar refractivity (Wildman–Crippen MR) is 104 cm³/mol. The number of unbranched alkanes of at least 4 members (excludes halogenated alkanes) is 13.